The number of benzene rings is 1. The van der Waals surface area contributed by atoms with Crippen molar-refractivity contribution in [2.45, 2.75) is 19.0 Å². The summed E-state index contributed by atoms with van der Waals surface area (Å²) in [6.07, 6.45) is 2.75. The summed E-state index contributed by atoms with van der Waals surface area (Å²) in [7, 11) is 0. The number of pyridine rings is 1. The van der Waals surface area contributed by atoms with Crippen LogP contribution in [-0.2, 0) is 14.3 Å². The molecule has 2 aromatic heterocycles. The number of carbonyl (C=O) groups excluding carboxylic acids is 1. The summed E-state index contributed by atoms with van der Waals surface area (Å²) >= 11 is 0. The molecule has 1 aromatic carbocycles. The van der Waals surface area contributed by atoms with Crippen LogP contribution in [0.1, 0.15) is 6.92 Å². The molecule has 0 bridgehead atoms. The number of halogens is 2. The van der Waals surface area contributed by atoms with Gasteiger partial charge in [-0.3, -0.25) is 9.78 Å². The molecule has 1 atom stereocenters. The third-order valence-corrected chi connectivity index (χ3v) is 6.29. The standard InChI is InChI=1S/C25H28F2N6O3/c1-25(26,27)24(34)33-10-13-36-19(16-33)15-30-23-22-21(28-6-7-29-22)14-20(31-23)17-2-4-18(5-3-17)32-8-11-35-12-9-32/h2-7,14,19H,8-13,15-16H2,1H3,(H,30,31). The van der Waals surface area contributed by atoms with E-state index in [9.17, 15) is 13.6 Å². The van der Waals surface area contributed by atoms with E-state index in [1.807, 2.05) is 18.2 Å². The Morgan fingerprint density at radius 3 is 2.61 bits per heavy atom. The van der Waals surface area contributed by atoms with Crippen molar-refractivity contribution in [3.8, 4) is 11.3 Å². The molecular weight excluding hydrogens is 470 g/mol. The van der Waals surface area contributed by atoms with Crippen LogP contribution in [0.15, 0.2) is 42.7 Å². The van der Waals surface area contributed by atoms with Gasteiger partial charge >= 0.3 is 5.92 Å². The van der Waals surface area contributed by atoms with Crippen LogP contribution in [0, 0.1) is 0 Å². The first-order valence-electron chi connectivity index (χ1n) is 12.0. The number of hydrogen-bond donors (Lipinski definition) is 1. The summed E-state index contributed by atoms with van der Waals surface area (Å²) in [4.78, 5) is 29.1. The van der Waals surface area contributed by atoms with Crippen LogP contribution in [0.4, 0.5) is 20.3 Å². The van der Waals surface area contributed by atoms with Crippen molar-refractivity contribution in [3.05, 3.63) is 42.7 Å². The lowest BCUT2D eigenvalue weighted by Crippen LogP contribution is -2.52. The third-order valence-electron chi connectivity index (χ3n) is 6.29. The number of rotatable bonds is 6. The Kier molecular flexibility index (Phi) is 6.92. The highest BCUT2D eigenvalue weighted by Gasteiger charge is 2.38. The second kappa shape index (κ2) is 10.3. The quantitative estimate of drug-likeness (QED) is 0.555. The number of alkyl halides is 2. The van der Waals surface area contributed by atoms with E-state index in [1.165, 1.54) is 0 Å². The van der Waals surface area contributed by atoms with Crippen LogP contribution in [0.3, 0.4) is 0 Å². The van der Waals surface area contributed by atoms with Gasteiger partial charge in [0.1, 0.15) is 5.52 Å². The highest BCUT2D eigenvalue weighted by atomic mass is 19.3. The van der Waals surface area contributed by atoms with Crippen LogP contribution in [0.2, 0.25) is 0 Å². The average Bonchev–Trinajstić information content (AvgIpc) is 2.91. The van der Waals surface area contributed by atoms with Gasteiger partial charge in [0.05, 0.1) is 37.1 Å². The first-order chi connectivity index (χ1) is 17.4. The fraction of sp³-hybridized carbons (Fsp3) is 0.440. The Morgan fingerprint density at radius 2 is 1.86 bits per heavy atom. The van der Waals surface area contributed by atoms with Gasteiger partial charge in [0.2, 0.25) is 0 Å². The lowest BCUT2D eigenvalue weighted by atomic mass is 10.1. The fourth-order valence-electron chi connectivity index (χ4n) is 4.42. The van der Waals surface area contributed by atoms with Crippen molar-refractivity contribution < 1.29 is 23.0 Å². The zero-order chi connectivity index (χ0) is 25.1. The average molecular weight is 499 g/mol. The van der Waals surface area contributed by atoms with Crippen LogP contribution in [0.5, 0.6) is 0 Å². The normalized spacial score (nSPS) is 18.9. The summed E-state index contributed by atoms with van der Waals surface area (Å²) < 4.78 is 38.2. The molecule has 0 aliphatic carbocycles. The van der Waals surface area contributed by atoms with Crippen LogP contribution < -0.4 is 10.2 Å². The summed E-state index contributed by atoms with van der Waals surface area (Å²) in [5, 5.41) is 3.24. The molecule has 5 rings (SSSR count). The number of nitrogens with one attached hydrogen (secondary N) is 1. The molecule has 1 unspecified atom stereocenters. The van der Waals surface area contributed by atoms with Crippen molar-refractivity contribution >= 4 is 28.4 Å². The summed E-state index contributed by atoms with van der Waals surface area (Å²) in [5.41, 5.74) is 4.06. The molecule has 1 N–H and O–H groups in total. The number of aromatic nitrogens is 3. The zero-order valence-corrected chi connectivity index (χ0v) is 20.0. The molecule has 2 saturated heterocycles. The molecule has 11 heteroatoms. The van der Waals surface area contributed by atoms with E-state index in [-0.39, 0.29) is 26.2 Å². The minimum atomic E-state index is -3.41. The van der Waals surface area contributed by atoms with E-state index in [2.05, 4.69) is 32.3 Å². The monoisotopic (exact) mass is 498 g/mol. The lowest BCUT2D eigenvalue weighted by molar-refractivity contribution is -0.161. The summed E-state index contributed by atoms with van der Waals surface area (Å²) in [6, 6.07) is 10.1. The van der Waals surface area contributed by atoms with Crippen molar-refractivity contribution in [3.63, 3.8) is 0 Å². The second-order valence-electron chi connectivity index (χ2n) is 8.94. The maximum absolute atomic E-state index is 13.5. The van der Waals surface area contributed by atoms with Crippen molar-refractivity contribution in [2.24, 2.45) is 0 Å². The Hall–Kier alpha value is -3.44. The molecule has 2 aliphatic heterocycles. The third kappa shape index (κ3) is 5.36. The van der Waals surface area contributed by atoms with Gasteiger partial charge in [0.25, 0.3) is 5.91 Å². The van der Waals surface area contributed by atoms with Crippen molar-refractivity contribution in [1.82, 2.24) is 19.9 Å². The van der Waals surface area contributed by atoms with Gasteiger partial charge in [-0.2, -0.15) is 8.78 Å². The maximum Gasteiger partial charge on any atom is 0.322 e. The molecule has 1 amide bonds. The molecule has 0 radical (unpaired) electrons. The van der Waals surface area contributed by atoms with E-state index < -0.39 is 17.9 Å². The first kappa shape index (κ1) is 24.3. The Labute approximate surface area is 207 Å². The highest BCUT2D eigenvalue weighted by Crippen LogP contribution is 2.28. The molecule has 0 spiro atoms. The second-order valence-corrected chi connectivity index (χ2v) is 8.94. The van der Waals surface area contributed by atoms with E-state index in [4.69, 9.17) is 14.5 Å². The molecular formula is C25H28F2N6O3. The zero-order valence-electron chi connectivity index (χ0n) is 20.0. The van der Waals surface area contributed by atoms with Crippen molar-refractivity contribution in [2.75, 3.05) is 62.8 Å². The number of nitrogens with zero attached hydrogens (tertiary/aromatic N) is 5. The number of morpholine rings is 2. The summed E-state index contributed by atoms with van der Waals surface area (Å²) in [6.45, 7) is 4.46. The van der Waals surface area contributed by atoms with Crippen LogP contribution in [0.25, 0.3) is 22.3 Å². The largest absolute Gasteiger partial charge is 0.378 e. The number of amides is 1. The van der Waals surface area contributed by atoms with Gasteiger partial charge in [0, 0.05) is 63.3 Å². The number of fused-ring (bicyclic) bond motifs is 1. The smallest absolute Gasteiger partial charge is 0.322 e. The highest BCUT2D eigenvalue weighted by molar-refractivity contribution is 5.88. The molecule has 2 fully saturated rings. The number of carbonyl (C=O) groups is 1. The maximum atomic E-state index is 13.5. The van der Waals surface area contributed by atoms with Gasteiger partial charge in [-0.1, -0.05) is 12.1 Å². The van der Waals surface area contributed by atoms with E-state index in [0.717, 1.165) is 48.1 Å². The van der Waals surface area contributed by atoms with Gasteiger partial charge in [-0.15, -0.1) is 0 Å². The van der Waals surface area contributed by atoms with E-state index in [0.29, 0.717) is 23.8 Å². The Morgan fingerprint density at radius 1 is 1.11 bits per heavy atom. The van der Waals surface area contributed by atoms with Gasteiger partial charge in [-0.05, 0) is 18.2 Å². The molecule has 36 heavy (non-hydrogen) atoms. The van der Waals surface area contributed by atoms with E-state index in [1.54, 1.807) is 12.4 Å². The van der Waals surface area contributed by atoms with Gasteiger partial charge in [-0.25, -0.2) is 9.97 Å². The lowest BCUT2D eigenvalue weighted by Gasteiger charge is -2.34. The number of hydrogen-bond acceptors (Lipinski definition) is 8. The van der Waals surface area contributed by atoms with Crippen LogP contribution in [-0.4, -0.2) is 90.3 Å². The minimum absolute atomic E-state index is 0.0710. The van der Waals surface area contributed by atoms with Crippen molar-refractivity contribution in [1.29, 1.82) is 0 Å². The predicted octanol–water partition coefficient (Wildman–Crippen LogP) is 2.82. The molecule has 0 saturated carbocycles. The molecule has 9 nitrogen and oxygen atoms in total. The molecule has 190 valence electrons. The fourth-order valence-corrected chi connectivity index (χ4v) is 4.42. The Balaban J connectivity index is 1.34. The van der Waals surface area contributed by atoms with Gasteiger partial charge in [0.15, 0.2) is 5.82 Å². The molecule has 3 aromatic rings. The predicted molar refractivity (Wildman–Crippen MR) is 131 cm³/mol. The number of anilines is 2. The Bertz CT molecular complexity index is 1210. The summed E-state index contributed by atoms with van der Waals surface area (Å²) in [5.74, 6) is -4.08. The minimum Gasteiger partial charge on any atom is -0.378 e. The SMILES string of the molecule is CC(F)(F)C(=O)N1CCOC(CNc2nc(-c3ccc(N4CCOCC4)cc3)cc3nccnc23)C1. The number of ether oxygens (including phenoxy) is 2. The van der Waals surface area contributed by atoms with Crippen LogP contribution >= 0.6 is 0 Å². The van der Waals surface area contributed by atoms with E-state index >= 15 is 0 Å². The van der Waals surface area contributed by atoms with Gasteiger partial charge < -0.3 is 24.6 Å². The molecule has 2 aliphatic rings. The molecule has 4 heterocycles. The first-order valence-corrected chi connectivity index (χ1v) is 12.0. The topological polar surface area (TPSA) is 92.7 Å².